The van der Waals surface area contributed by atoms with Gasteiger partial charge in [0.25, 0.3) is 5.91 Å². The molecule has 0 unspecified atom stereocenters. The molecule has 0 aromatic heterocycles. The molecule has 1 aliphatic heterocycles. The van der Waals surface area contributed by atoms with E-state index in [9.17, 15) is 33.5 Å². The monoisotopic (exact) mass is 667 g/mol. The van der Waals surface area contributed by atoms with Crippen LogP contribution in [-0.2, 0) is 27.3 Å². The number of rotatable bonds is 10. The quantitative estimate of drug-likeness (QED) is 0.153. The fourth-order valence-electron chi connectivity index (χ4n) is 5.10. The smallest absolute Gasteiger partial charge is 0.323 e. The van der Waals surface area contributed by atoms with Crippen molar-refractivity contribution >= 4 is 52.5 Å². The van der Waals surface area contributed by atoms with Crippen LogP contribution in [0.15, 0.2) is 91.0 Å². The van der Waals surface area contributed by atoms with Crippen LogP contribution in [0.4, 0.5) is 31.9 Å². The number of carbonyl (C=O) groups is 5. The van der Waals surface area contributed by atoms with E-state index < -0.39 is 29.6 Å². The summed E-state index contributed by atoms with van der Waals surface area (Å²) < 4.78 is 13.5. The number of benzene rings is 4. The van der Waals surface area contributed by atoms with Crippen LogP contribution >= 0.6 is 0 Å². The molecule has 0 bridgehead atoms. The second-order valence-electron chi connectivity index (χ2n) is 11.0. The lowest BCUT2D eigenvalue weighted by atomic mass is 10.1. The van der Waals surface area contributed by atoms with E-state index in [2.05, 4.69) is 16.0 Å². The summed E-state index contributed by atoms with van der Waals surface area (Å²) in [5, 5.41) is 17.5. The van der Waals surface area contributed by atoms with E-state index >= 15 is 0 Å². The van der Waals surface area contributed by atoms with Gasteiger partial charge in [0.15, 0.2) is 0 Å². The summed E-state index contributed by atoms with van der Waals surface area (Å²) in [5.74, 6) is -2.91. The number of nitrogens with zero attached hydrogens (tertiary/aromatic N) is 2. The zero-order valence-corrected chi connectivity index (χ0v) is 27.5. The standard InChI is InChI=1S/C35H32FN5O6.C2H6/c1-22-4-2-3-5-29(22)39-35(47)38-26-12-8-23(9-13-26)18-31(42)37-27-14-15-30-28(19-27)34(46)40(17-16-33(44)45)21-32(43)41(30)20-24-6-10-25(36)11-7-24;1-2/h2-15,19H,16-18,20-21H2,1H3,(H,37,42)(H,44,45)(H2,38,39,47);1-2H3. The second kappa shape index (κ2) is 16.7. The Kier molecular flexibility index (Phi) is 12.2. The van der Waals surface area contributed by atoms with Crippen molar-refractivity contribution in [3.63, 3.8) is 0 Å². The van der Waals surface area contributed by atoms with Crippen LogP contribution in [0.2, 0.25) is 0 Å². The Morgan fingerprint density at radius 2 is 1.47 bits per heavy atom. The van der Waals surface area contributed by atoms with E-state index in [1.165, 1.54) is 40.1 Å². The molecule has 254 valence electrons. The maximum Gasteiger partial charge on any atom is 0.323 e. The largest absolute Gasteiger partial charge is 0.481 e. The van der Waals surface area contributed by atoms with E-state index in [4.69, 9.17) is 0 Å². The average Bonchev–Trinajstić information content (AvgIpc) is 3.17. The van der Waals surface area contributed by atoms with E-state index in [1.54, 1.807) is 42.5 Å². The molecular formula is C37H38FN5O6. The van der Waals surface area contributed by atoms with Gasteiger partial charge < -0.3 is 30.9 Å². The van der Waals surface area contributed by atoms with Gasteiger partial charge in [-0.25, -0.2) is 9.18 Å². The van der Waals surface area contributed by atoms with Gasteiger partial charge in [-0.1, -0.05) is 56.3 Å². The summed E-state index contributed by atoms with van der Waals surface area (Å²) in [6, 6.07) is 24.0. The summed E-state index contributed by atoms with van der Waals surface area (Å²) >= 11 is 0. The molecule has 5 rings (SSSR count). The lowest BCUT2D eigenvalue weighted by molar-refractivity contribution is -0.137. The molecule has 5 amide bonds. The summed E-state index contributed by atoms with van der Waals surface area (Å²) in [5.41, 5.74) is 4.17. The van der Waals surface area contributed by atoms with Crippen molar-refractivity contribution in [2.45, 2.75) is 40.2 Å². The van der Waals surface area contributed by atoms with Gasteiger partial charge in [0, 0.05) is 23.6 Å². The van der Waals surface area contributed by atoms with Crippen LogP contribution in [0.5, 0.6) is 0 Å². The number of hydrogen-bond acceptors (Lipinski definition) is 5. The molecule has 4 aromatic rings. The number of carboxylic acids is 1. The van der Waals surface area contributed by atoms with Crippen molar-refractivity contribution in [1.29, 1.82) is 0 Å². The van der Waals surface area contributed by atoms with Crippen LogP contribution < -0.4 is 20.9 Å². The first-order chi connectivity index (χ1) is 23.5. The van der Waals surface area contributed by atoms with E-state index in [-0.39, 0.29) is 49.6 Å². The van der Waals surface area contributed by atoms with Crippen molar-refractivity contribution in [1.82, 2.24) is 4.90 Å². The zero-order chi connectivity index (χ0) is 35.5. The molecule has 4 N–H and O–H groups in total. The molecule has 4 aromatic carbocycles. The minimum absolute atomic E-state index is 0.000627. The third-order valence-corrected chi connectivity index (χ3v) is 7.54. The number of fused-ring (bicyclic) bond motifs is 1. The molecule has 49 heavy (non-hydrogen) atoms. The number of carboxylic acid groups (broad SMARTS) is 1. The number of amides is 5. The van der Waals surface area contributed by atoms with Crippen LogP contribution in [-0.4, -0.2) is 52.8 Å². The molecule has 0 atom stereocenters. The highest BCUT2D eigenvalue weighted by atomic mass is 19.1. The second-order valence-corrected chi connectivity index (χ2v) is 11.0. The summed E-state index contributed by atoms with van der Waals surface area (Å²) in [7, 11) is 0. The SMILES string of the molecule is CC.Cc1ccccc1NC(=O)Nc1ccc(CC(=O)Nc2ccc3c(c2)C(=O)N(CCC(=O)O)CC(=O)N3Cc2ccc(F)cc2)cc1. The first kappa shape index (κ1) is 35.8. The van der Waals surface area contributed by atoms with Crippen LogP contribution in [0.25, 0.3) is 0 Å². The Hall–Kier alpha value is -6.04. The van der Waals surface area contributed by atoms with Gasteiger partial charge in [-0.15, -0.1) is 0 Å². The molecule has 0 fully saturated rings. The molecule has 0 aliphatic carbocycles. The normalized spacial score (nSPS) is 12.2. The fourth-order valence-corrected chi connectivity index (χ4v) is 5.10. The topological polar surface area (TPSA) is 148 Å². The molecule has 0 spiro atoms. The highest BCUT2D eigenvalue weighted by Gasteiger charge is 2.32. The third-order valence-electron chi connectivity index (χ3n) is 7.54. The van der Waals surface area contributed by atoms with Gasteiger partial charge in [-0.05, 0) is 72.1 Å². The molecule has 11 nitrogen and oxygen atoms in total. The Balaban J connectivity index is 0.00000265. The Labute approximate surface area is 283 Å². The molecule has 1 aliphatic rings. The van der Waals surface area contributed by atoms with Gasteiger partial charge in [0.2, 0.25) is 11.8 Å². The van der Waals surface area contributed by atoms with Crippen molar-refractivity contribution in [2.75, 3.05) is 33.9 Å². The van der Waals surface area contributed by atoms with Crippen LogP contribution in [0.3, 0.4) is 0 Å². The summed E-state index contributed by atoms with van der Waals surface area (Å²) in [6.07, 6.45) is -0.352. The van der Waals surface area contributed by atoms with Crippen LogP contribution in [0.1, 0.15) is 47.3 Å². The fraction of sp³-hybridized carbons (Fsp3) is 0.216. The molecule has 1 heterocycles. The van der Waals surface area contributed by atoms with Gasteiger partial charge in [-0.2, -0.15) is 0 Å². The number of aliphatic carboxylic acids is 1. The molecule has 0 saturated carbocycles. The van der Waals surface area contributed by atoms with Gasteiger partial charge >= 0.3 is 12.0 Å². The van der Waals surface area contributed by atoms with Crippen molar-refractivity contribution in [3.8, 4) is 0 Å². The maximum atomic E-state index is 13.6. The Bertz CT molecular complexity index is 1830. The van der Waals surface area contributed by atoms with Crippen molar-refractivity contribution in [3.05, 3.63) is 119 Å². The number of para-hydroxylation sites is 1. The molecular weight excluding hydrogens is 629 g/mol. The molecule has 0 radical (unpaired) electrons. The van der Waals surface area contributed by atoms with E-state index in [0.717, 1.165) is 5.56 Å². The first-order valence-corrected chi connectivity index (χ1v) is 15.8. The number of anilines is 4. The number of urea groups is 1. The summed E-state index contributed by atoms with van der Waals surface area (Å²) in [6.45, 7) is 5.42. The van der Waals surface area contributed by atoms with Crippen molar-refractivity contribution in [2.24, 2.45) is 0 Å². The highest BCUT2D eigenvalue weighted by Crippen LogP contribution is 2.30. The number of hydrogen-bond donors (Lipinski definition) is 4. The predicted molar refractivity (Wildman–Crippen MR) is 186 cm³/mol. The number of aryl methyl sites for hydroxylation is 1. The number of nitrogens with one attached hydrogen (secondary N) is 3. The maximum absolute atomic E-state index is 13.6. The average molecular weight is 668 g/mol. The minimum atomic E-state index is -1.12. The molecule has 12 heteroatoms. The highest BCUT2D eigenvalue weighted by molar-refractivity contribution is 6.10. The number of carbonyl (C=O) groups excluding carboxylic acids is 4. The van der Waals surface area contributed by atoms with Crippen LogP contribution in [0, 0.1) is 12.7 Å². The van der Waals surface area contributed by atoms with Gasteiger partial charge in [0.1, 0.15) is 12.4 Å². The predicted octanol–water partition coefficient (Wildman–Crippen LogP) is 6.45. The third kappa shape index (κ3) is 9.74. The first-order valence-electron chi connectivity index (χ1n) is 15.8. The Morgan fingerprint density at radius 3 is 2.14 bits per heavy atom. The zero-order valence-electron chi connectivity index (χ0n) is 27.5. The lowest BCUT2D eigenvalue weighted by Crippen LogP contribution is -2.40. The number of halogens is 1. The van der Waals surface area contributed by atoms with E-state index in [0.29, 0.717) is 28.2 Å². The summed E-state index contributed by atoms with van der Waals surface area (Å²) in [4.78, 5) is 66.0. The van der Waals surface area contributed by atoms with Gasteiger partial charge in [0.05, 0.1) is 30.6 Å². The minimum Gasteiger partial charge on any atom is -0.481 e. The lowest BCUT2D eigenvalue weighted by Gasteiger charge is -2.23. The van der Waals surface area contributed by atoms with Crippen molar-refractivity contribution < 1.29 is 33.5 Å². The van der Waals surface area contributed by atoms with Gasteiger partial charge in [-0.3, -0.25) is 19.2 Å². The molecule has 0 saturated heterocycles. The Morgan fingerprint density at radius 1 is 0.816 bits per heavy atom. The van der Waals surface area contributed by atoms with E-state index in [1.807, 2.05) is 39.0 Å².